The molecule has 0 unspecified atom stereocenters. The van der Waals surface area contributed by atoms with Gasteiger partial charge in [0.15, 0.2) is 34.9 Å². The molecule has 0 aliphatic carbocycles. The first-order chi connectivity index (χ1) is 51.5. The van der Waals surface area contributed by atoms with Crippen molar-refractivity contribution in [2.75, 3.05) is 0 Å². The monoisotopic (exact) mass is 1360 g/mol. The molecule has 0 radical (unpaired) electrons. The molecule has 0 amide bonds. The third-order valence-corrected chi connectivity index (χ3v) is 21.5. The molecule has 0 fully saturated rings. The van der Waals surface area contributed by atoms with Gasteiger partial charge in [-0.15, -0.1) is 22.7 Å². The van der Waals surface area contributed by atoms with Crippen LogP contribution in [-0.4, -0.2) is 44.9 Å². The summed E-state index contributed by atoms with van der Waals surface area (Å²) in [6, 6.07) is 120. The summed E-state index contributed by atoms with van der Waals surface area (Å²) in [5.74, 6) is 3.84. The predicted molar refractivity (Wildman–Crippen MR) is 428 cm³/mol. The maximum atomic E-state index is 5.47. The minimum atomic E-state index is 0.614. The molecule has 9 nitrogen and oxygen atoms in total. The highest BCUT2D eigenvalue weighted by molar-refractivity contribution is 7.27. The standard InChI is InChI=1S/C93H57N9S2/c1-7-24-61(25-8-1)76-55-79(97-92(96-76)74-42-23-45-83-85(74)73-41-21-43-75(87(73)104-83)93-101-90(66-32-15-5-16-33-66)100-91(102-93)67-34-17-6-18-35-67)69-37-19-36-68(54-69)60-48-46-58(47-49-60)59-50-52-63(53-51-59)78-57-81(99-89(95-78)65-30-13-4-14-31-65)71-39-20-40-72-84-70(38-22-44-82(84)103-86(71)72)80-56-77(62-26-9-2-10-27-62)94-88(98-80)64-28-11-3-12-29-64/h1-57H. The normalized spacial score (nSPS) is 11.5. The Morgan fingerprint density at radius 2 is 0.452 bits per heavy atom. The van der Waals surface area contributed by atoms with E-state index in [0.29, 0.717) is 34.9 Å². The van der Waals surface area contributed by atoms with Gasteiger partial charge in [0, 0.05) is 107 Å². The Balaban J connectivity index is 0.639. The molecule has 19 aromatic rings. The van der Waals surface area contributed by atoms with Crippen molar-refractivity contribution in [1.82, 2.24) is 44.9 Å². The SMILES string of the molecule is c1ccc(-c2cc(-c3cccc4sc5c(-c6cc(-c7ccc(-c8ccc(-c9cccc(-c%10cc(-c%11ccccc%11)nc(-c%11cccc%12sc%13c(-c%14nc(-c%15ccccc%15)nc(-c%15ccccc%15)n%14)cccc%13c%11%12)n%10)c9)cc8)cc7)nc(-c7ccccc7)n6)cccc5c34)nc(-c3ccccc3)n2)cc1. The molecule has 104 heavy (non-hydrogen) atoms. The van der Waals surface area contributed by atoms with E-state index < -0.39 is 0 Å². The zero-order valence-electron chi connectivity index (χ0n) is 55.8. The second-order valence-corrected chi connectivity index (χ2v) is 27.7. The predicted octanol–water partition coefficient (Wildman–Crippen LogP) is 24.3. The van der Waals surface area contributed by atoms with Crippen molar-refractivity contribution < 1.29 is 0 Å². The van der Waals surface area contributed by atoms with Crippen LogP contribution >= 0.6 is 22.7 Å². The fourth-order valence-corrected chi connectivity index (χ4v) is 16.4. The Morgan fingerprint density at radius 3 is 0.942 bits per heavy atom. The second-order valence-electron chi connectivity index (χ2n) is 25.6. The van der Waals surface area contributed by atoms with E-state index in [1.54, 1.807) is 22.7 Å². The van der Waals surface area contributed by atoms with Gasteiger partial charge in [-0.25, -0.2) is 44.9 Å². The Morgan fingerprint density at radius 1 is 0.163 bits per heavy atom. The highest BCUT2D eigenvalue weighted by Gasteiger charge is 2.23. The Hall–Kier alpha value is -13.5. The summed E-state index contributed by atoms with van der Waals surface area (Å²) in [4.78, 5) is 47.2. The summed E-state index contributed by atoms with van der Waals surface area (Å²) < 4.78 is 4.50. The lowest BCUT2D eigenvalue weighted by molar-refractivity contribution is 1.08. The second kappa shape index (κ2) is 26.6. The molecule has 6 aromatic heterocycles. The van der Waals surface area contributed by atoms with Gasteiger partial charge in [0.1, 0.15) is 0 Å². The summed E-state index contributed by atoms with van der Waals surface area (Å²) in [6.07, 6.45) is 0. The van der Waals surface area contributed by atoms with Crippen LogP contribution in [0.2, 0.25) is 0 Å². The number of hydrogen-bond acceptors (Lipinski definition) is 11. The van der Waals surface area contributed by atoms with Crippen LogP contribution in [0.4, 0.5) is 0 Å². The van der Waals surface area contributed by atoms with Crippen molar-refractivity contribution in [2.24, 2.45) is 0 Å². The average molecular weight is 1360 g/mol. The van der Waals surface area contributed by atoms with Crippen LogP contribution in [0.25, 0.3) is 198 Å². The van der Waals surface area contributed by atoms with Crippen LogP contribution < -0.4 is 0 Å². The third kappa shape index (κ3) is 11.7. The van der Waals surface area contributed by atoms with Gasteiger partial charge in [-0.05, 0) is 64.7 Å². The zero-order chi connectivity index (χ0) is 68.9. The number of thiophene rings is 2. The third-order valence-electron chi connectivity index (χ3n) is 19.1. The fourth-order valence-electron chi connectivity index (χ4n) is 13.9. The van der Waals surface area contributed by atoms with Crippen LogP contribution in [-0.2, 0) is 0 Å². The van der Waals surface area contributed by atoms with Crippen molar-refractivity contribution in [3.05, 3.63) is 346 Å². The van der Waals surface area contributed by atoms with E-state index >= 15 is 0 Å². The molecule has 0 bridgehead atoms. The van der Waals surface area contributed by atoms with Gasteiger partial charge in [0.2, 0.25) is 0 Å². The summed E-state index contributed by atoms with van der Waals surface area (Å²) in [6.45, 7) is 0. The molecule has 0 spiro atoms. The maximum Gasteiger partial charge on any atom is 0.165 e. The van der Waals surface area contributed by atoms with Crippen molar-refractivity contribution in [3.8, 4) is 158 Å². The summed E-state index contributed by atoms with van der Waals surface area (Å²) in [5, 5.41) is 4.46. The van der Waals surface area contributed by atoms with E-state index in [1.165, 1.54) is 4.70 Å². The first-order valence-corrected chi connectivity index (χ1v) is 36.1. The van der Waals surface area contributed by atoms with Crippen LogP contribution in [0.5, 0.6) is 0 Å². The van der Waals surface area contributed by atoms with Gasteiger partial charge in [0.05, 0.1) is 34.2 Å². The van der Waals surface area contributed by atoms with Gasteiger partial charge in [-0.1, -0.05) is 303 Å². The van der Waals surface area contributed by atoms with Gasteiger partial charge in [0.25, 0.3) is 0 Å². The largest absolute Gasteiger partial charge is 0.228 e. The molecule has 19 rings (SSSR count). The molecular formula is C93H57N9S2. The summed E-state index contributed by atoms with van der Waals surface area (Å²) in [7, 11) is 0. The van der Waals surface area contributed by atoms with E-state index in [9.17, 15) is 0 Å². The number of fused-ring (bicyclic) bond motifs is 6. The molecule has 0 aliphatic rings. The number of hydrogen-bond donors (Lipinski definition) is 0. The van der Waals surface area contributed by atoms with Crippen LogP contribution in [0.1, 0.15) is 0 Å². The lowest BCUT2D eigenvalue weighted by atomic mass is 9.97. The van der Waals surface area contributed by atoms with Gasteiger partial charge < -0.3 is 0 Å². The molecule has 0 atom stereocenters. The first-order valence-electron chi connectivity index (χ1n) is 34.5. The highest BCUT2D eigenvalue weighted by Crippen LogP contribution is 2.47. The topological polar surface area (TPSA) is 116 Å². The minimum Gasteiger partial charge on any atom is -0.228 e. The number of aromatic nitrogens is 9. The Kier molecular flexibility index (Phi) is 15.7. The fraction of sp³-hybridized carbons (Fsp3) is 0. The van der Waals surface area contributed by atoms with E-state index in [4.69, 9.17) is 44.9 Å². The summed E-state index contributed by atoms with van der Waals surface area (Å²) in [5.41, 5.74) is 21.2. The highest BCUT2D eigenvalue weighted by atomic mass is 32.1. The molecule has 0 saturated carbocycles. The molecule has 13 aromatic carbocycles. The molecule has 6 heterocycles. The lowest BCUT2D eigenvalue weighted by Gasteiger charge is -2.12. The smallest absolute Gasteiger partial charge is 0.165 e. The van der Waals surface area contributed by atoms with Crippen LogP contribution in [0.15, 0.2) is 346 Å². The van der Waals surface area contributed by atoms with Gasteiger partial charge in [-0.2, -0.15) is 0 Å². The van der Waals surface area contributed by atoms with Crippen molar-refractivity contribution in [3.63, 3.8) is 0 Å². The molecule has 486 valence electrons. The van der Waals surface area contributed by atoms with Crippen molar-refractivity contribution in [1.29, 1.82) is 0 Å². The van der Waals surface area contributed by atoms with E-state index in [-0.39, 0.29) is 0 Å². The van der Waals surface area contributed by atoms with Gasteiger partial charge in [-0.3, -0.25) is 0 Å². The Labute approximate surface area is 607 Å². The van der Waals surface area contributed by atoms with Crippen LogP contribution in [0.3, 0.4) is 0 Å². The number of benzene rings is 13. The minimum absolute atomic E-state index is 0.614. The Bertz CT molecular complexity index is 6320. The molecule has 0 N–H and O–H groups in total. The lowest BCUT2D eigenvalue weighted by Crippen LogP contribution is -2.00. The van der Waals surface area contributed by atoms with E-state index in [0.717, 1.165) is 159 Å². The molecule has 11 heteroatoms. The number of nitrogens with zero attached hydrogens (tertiary/aromatic N) is 9. The summed E-state index contributed by atoms with van der Waals surface area (Å²) >= 11 is 3.51. The average Bonchev–Trinajstić information content (AvgIpc) is 1.58. The quantitative estimate of drug-likeness (QED) is 0.105. The zero-order valence-corrected chi connectivity index (χ0v) is 57.4. The van der Waals surface area contributed by atoms with Crippen LogP contribution in [0, 0.1) is 0 Å². The van der Waals surface area contributed by atoms with Crippen molar-refractivity contribution in [2.45, 2.75) is 0 Å². The first kappa shape index (κ1) is 61.6. The molecule has 0 saturated heterocycles. The molecular weight excluding hydrogens is 1310 g/mol. The van der Waals surface area contributed by atoms with Gasteiger partial charge >= 0.3 is 0 Å². The van der Waals surface area contributed by atoms with E-state index in [1.807, 2.05) is 109 Å². The maximum absolute atomic E-state index is 5.47. The number of rotatable bonds is 14. The molecule has 0 aliphatic heterocycles. The van der Waals surface area contributed by atoms with Crippen molar-refractivity contribution >= 4 is 63.0 Å². The van der Waals surface area contributed by atoms with E-state index in [2.05, 4.69) is 237 Å².